The molecule has 3 fully saturated rings. The van der Waals surface area contributed by atoms with Crippen LogP contribution in [-0.4, -0.2) is 42.5 Å². The molecule has 19 heavy (non-hydrogen) atoms. The van der Waals surface area contributed by atoms with E-state index in [-0.39, 0.29) is 5.82 Å². The van der Waals surface area contributed by atoms with Crippen molar-refractivity contribution in [3.8, 4) is 0 Å². The van der Waals surface area contributed by atoms with Crippen LogP contribution in [0.5, 0.6) is 0 Å². The Morgan fingerprint density at radius 2 is 2.05 bits per heavy atom. The molecule has 0 amide bonds. The second-order valence-electron chi connectivity index (χ2n) is 6.27. The molecule has 3 heteroatoms. The van der Waals surface area contributed by atoms with E-state index in [4.69, 9.17) is 0 Å². The molecule has 0 aliphatic carbocycles. The summed E-state index contributed by atoms with van der Waals surface area (Å²) >= 11 is 0. The van der Waals surface area contributed by atoms with Crippen LogP contribution < -0.4 is 0 Å². The summed E-state index contributed by atoms with van der Waals surface area (Å²) in [7, 11) is 2.22. The van der Waals surface area contributed by atoms with E-state index in [0.717, 1.165) is 30.1 Å². The molecule has 1 aromatic rings. The molecule has 0 spiro atoms. The van der Waals surface area contributed by atoms with Crippen LogP contribution in [0.15, 0.2) is 18.2 Å². The third-order valence-electron chi connectivity index (χ3n) is 4.76. The highest BCUT2D eigenvalue weighted by molar-refractivity contribution is 5.27. The maximum atomic E-state index is 13.6. The van der Waals surface area contributed by atoms with Gasteiger partial charge in [-0.05, 0) is 49.9 Å². The molecule has 0 unspecified atom stereocenters. The summed E-state index contributed by atoms with van der Waals surface area (Å²) in [5.41, 5.74) is 1.96. The van der Waals surface area contributed by atoms with E-state index in [1.807, 2.05) is 13.0 Å². The summed E-state index contributed by atoms with van der Waals surface area (Å²) in [4.78, 5) is 5.03. The first-order valence-electron chi connectivity index (χ1n) is 7.30. The summed E-state index contributed by atoms with van der Waals surface area (Å²) < 4.78 is 13.6. The molecule has 2 nitrogen and oxygen atoms in total. The van der Waals surface area contributed by atoms with E-state index >= 15 is 0 Å². The van der Waals surface area contributed by atoms with Gasteiger partial charge in [-0.1, -0.05) is 12.1 Å². The molecule has 104 valence electrons. The Hall–Kier alpha value is -0.930. The van der Waals surface area contributed by atoms with Gasteiger partial charge in [-0.15, -0.1) is 0 Å². The van der Waals surface area contributed by atoms with E-state index in [9.17, 15) is 4.39 Å². The van der Waals surface area contributed by atoms with Crippen LogP contribution in [0.3, 0.4) is 0 Å². The third kappa shape index (κ3) is 2.67. The van der Waals surface area contributed by atoms with Gasteiger partial charge >= 0.3 is 0 Å². The minimum absolute atomic E-state index is 0.0744. The first-order chi connectivity index (χ1) is 9.13. The molecular formula is C16H23FN2. The fraction of sp³-hybridized carbons (Fsp3) is 0.625. The molecular weight excluding hydrogens is 239 g/mol. The largest absolute Gasteiger partial charge is 0.304 e. The first-order valence-corrected chi connectivity index (χ1v) is 7.30. The van der Waals surface area contributed by atoms with E-state index in [1.165, 1.54) is 25.9 Å². The van der Waals surface area contributed by atoms with Crippen molar-refractivity contribution in [1.82, 2.24) is 9.80 Å². The first kappa shape index (κ1) is 13.1. The lowest BCUT2D eigenvalue weighted by atomic mass is 9.94. The monoisotopic (exact) mass is 262 g/mol. The van der Waals surface area contributed by atoms with E-state index in [1.54, 1.807) is 6.07 Å². The van der Waals surface area contributed by atoms with Gasteiger partial charge in [0.05, 0.1) is 0 Å². The van der Waals surface area contributed by atoms with Crippen molar-refractivity contribution in [1.29, 1.82) is 0 Å². The molecule has 1 aromatic carbocycles. The Kier molecular flexibility index (Phi) is 3.59. The zero-order valence-corrected chi connectivity index (χ0v) is 11.9. The van der Waals surface area contributed by atoms with Gasteiger partial charge in [-0.2, -0.15) is 0 Å². The maximum absolute atomic E-state index is 13.6. The van der Waals surface area contributed by atoms with Crippen molar-refractivity contribution in [2.45, 2.75) is 32.4 Å². The topological polar surface area (TPSA) is 6.48 Å². The zero-order chi connectivity index (χ0) is 13.4. The van der Waals surface area contributed by atoms with Crippen LogP contribution in [0, 0.1) is 18.7 Å². The molecule has 3 heterocycles. The molecule has 0 aromatic heterocycles. The van der Waals surface area contributed by atoms with E-state index in [2.05, 4.69) is 22.9 Å². The molecule has 0 saturated carbocycles. The van der Waals surface area contributed by atoms with Gasteiger partial charge in [0.2, 0.25) is 0 Å². The van der Waals surface area contributed by atoms with Crippen LogP contribution in [0.4, 0.5) is 4.39 Å². The van der Waals surface area contributed by atoms with Gasteiger partial charge in [0.25, 0.3) is 0 Å². The molecule has 2 atom stereocenters. The quantitative estimate of drug-likeness (QED) is 0.808. The second kappa shape index (κ2) is 5.22. The molecule has 3 aliphatic heterocycles. The normalized spacial score (nSPS) is 28.6. The number of hydrogen-bond donors (Lipinski definition) is 0. The number of halogens is 1. The van der Waals surface area contributed by atoms with Crippen molar-refractivity contribution in [2.75, 3.05) is 26.7 Å². The van der Waals surface area contributed by atoms with Crippen LogP contribution in [0.1, 0.15) is 24.0 Å². The Bertz CT molecular complexity index is 460. The maximum Gasteiger partial charge on any atom is 0.126 e. The van der Waals surface area contributed by atoms with Gasteiger partial charge in [0.15, 0.2) is 0 Å². The van der Waals surface area contributed by atoms with Crippen molar-refractivity contribution in [2.24, 2.45) is 5.92 Å². The third-order valence-corrected chi connectivity index (χ3v) is 4.76. The summed E-state index contributed by atoms with van der Waals surface area (Å²) in [6.07, 6.45) is 2.65. The highest BCUT2D eigenvalue weighted by Crippen LogP contribution is 2.29. The zero-order valence-electron chi connectivity index (χ0n) is 11.9. The van der Waals surface area contributed by atoms with Gasteiger partial charge in [-0.3, -0.25) is 4.90 Å². The fourth-order valence-electron chi connectivity index (χ4n) is 3.65. The summed E-state index contributed by atoms with van der Waals surface area (Å²) in [6.45, 7) is 6.34. The average Bonchev–Trinajstić information content (AvgIpc) is 2.64. The number of piperidine rings is 1. The number of rotatable bonds is 2. The number of fused-ring (bicyclic) bond motifs is 4. The summed E-state index contributed by atoms with van der Waals surface area (Å²) in [5.74, 6) is 0.715. The number of hydrogen-bond acceptors (Lipinski definition) is 2. The molecule has 3 aliphatic rings. The van der Waals surface area contributed by atoms with Gasteiger partial charge in [0, 0.05) is 32.2 Å². The summed E-state index contributed by atoms with van der Waals surface area (Å²) in [5, 5.41) is 0. The Morgan fingerprint density at radius 1 is 1.21 bits per heavy atom. The van der Waals surface area contributed by atoms with Crippen LogP contribution in [-0.2, 0) is 6.54 Å². The summed E-state index contributed by atoms with van der Waals surface area (Å²) in [6, 6.07) is 6.10. The average molecular weight is 262 g/mol. The lowest BCUT2D eigenvalue weighted by Gasteiger charge is -2.36. The standard InChI is InChI=1S/C16H23FN2/c1-12-14(4-3-5-16(12)17)10-19-9-13-6-7-15(19)11-18(2)8-13/h3-5,13,15H,6-11H2,1-2H3/t13-,15+/m0/s1. The smallest absolute Gasteiger partial charge is 0.126 e. The highest BCUT2D eigenvalue weighted by Gasteiger charge is 2.33. The molecule has 0 N–H and O–H groups in total. The Morgan fingerprint density at radius 3 is 2.89 bits per heavy atom. The van der Waals surface area contributed by atoms with Gasteiger partial charge in [0.1, 0.15) is 5.82 Å². The minimum atomic E-state index is -0.0744. The number of benzene rings is 1. The number of nitrogens with zero attached hydrogens (tertiary/aromatic N) is 2. The fourth-order valence-corrected chi connectivity index (χ4v) is 3.65. The van der Waals surface area contributed by atoms with Crippen LogP contribution in [0.25, 0.3) is 0 Å². The van der Waals surface area contributed by atoms with E-state index in [0.29, 0.717) is 6.04 Å². The van der Waals surface area contributed by atoms with Crippen molar-refractivity contribution in [3.63, 3.8) is 0 Å². The van der Waals surface area contributed by atoms with E-state index < -0.39 is 0 Å². The van der Waals surface area contributed by atoms with Crippen molar-refractivity contribution in [3.05, 3.63) is 35.1 Å². The predicted octanol–water partition coefficient (Wildman–Crippen LogP) is 2.66. The molecule has 3 saturated heterocycles. The lowest BCUT2D eigenvalue weighted by Crippen LogP contribution is -2.43. The van der Waals surface area contributed by atoms with Crippen LogP contribution in [0.2, 0.25) is 0 Å². The Labute approximate surface area is 115 Å². The molecule has 0 radical (unpaired) electrons. The lowest BCUT2D eigenvalue weighted by molar-refractivity contribution is 0.124. The van der Waals surface area contributed by atoms with Crippen molar-refractivity contribution < 1.29 is 4.39 Å². The SMILES string of the molecule is Cc1c(F)cccc1CN1C[C@H]2CC[C@@H]1CN(C)C2. The highest BCUT2D eigenvalue weighted by atomic mass is 19.1. The Balaban J connectivity index is 1.78. The minimum Gasteiger partial charge on any atom is -0.304 e. The molecule has 2 bridgehead atoms. The number of likely N-dealkylation sites (N-methyl/N-ethyl adjacent to an activating group) is 1. The van der Waals surface area contributed by atoms with Crippen LogP contribution >= 0.6 is 0 Å². The van der Waals surface area contributed by atoms with Crippen molar-refractivity contribution >= 4 is 0 Å². The predicted molar refractivity (Wildman–Crippen MR) is 75.6 cm³/mol. The molecule has 4 rings (SSSR count). The van der Waals surface area contributed by atoms with Gasteiger partial charge in [-0.25, -0.2) is 4.39 Å². The second-order valence-corrected chi connectivity index (χ2v) is 6.27. The van der Waals surface area contributed by atoms with Gasteiger partial charge < -0.3 is 4.90 Å².